The first-order chi connectivity index (χ1) is 15.3. The molecule has 0 radical (unpaired) electrons. The van der Waals surface area contributed by atoms with E-state index in [2.05, 4.69) is 31.6 Å². The molecule has 0 aliphatic rings. The molecule has 0 spiro atoms. The maximum Gasteiger partial charge on any atom is 0.276 e. The largest absolute Gasteiger partial charge is 0.488 e. The van der Waals surface area contributed by atoms with Crippen LogP contribution in [-0.4, -0.2) is 18.4 Å². The zero-order valence-electron chi connectivity index (χ0n) is 18.6. The molecule has 0 aromatic heterocycles. The summed E-state index contributed by atoms with van der Waals surface area (Å²) in [4.78, 5) is 24.6. The Kier molecular flexibility index (Phi) is 7.49. The molecule has 2 amide bonds. The number of nitrogens with one attached hydrogen (secondary N) is 2. The zero-order chi connectivity index (χ0) is 23.0. The Morgan fingerprint density at radius 1 is 0.781 bits per heavy atom. The maximum absolute atomic E-state index is 12.5. The molecule has 0 aliphatic carbocycles. The van der Waals surface area contributed by atoms with Crippen LogP contribution in [0.15, 0.2) is 78.9 Å². The molecule has 2 N–H and O–H groups in total. The highest BCUT2D eigenvalue weighted by Crippen LogP contribution is 2.24. The molecule has 6 heteroatoms. The molecule has 0 fully saturated rings. The van der Waals surface area contributed by atoms with Crippen molar-refractivity contribution in [3.05, 3.63) is 95.6 Å². The third kappa shape index (κ3) is 6.60. The molecule has 166 valence electrons. The van der Waals surface area contributed by atoms with Gasteiger partial charge in [0.05, 0.1) is 5.56 Å². The Morgan fingerprint density at radius 2 is 1.44 bits per heavy atom. The van der Waals surface area contributed by atoms with Gasteiger partial charge in [0, 0.05) is 0 Å². The lowest BCUT2D eigenvalue weighted by molar-refractivity contribution is -0.123. The maximum atomic E-state index is 12.5. The van der Waals surface area contributed by atoms with E-state index in [1.807, 2.05) is 54.6 Å². The number of benzene rings is 3. The van der Waals surface area contributed by atoms with Gasteiger partial charge < -0.3 is 9.47 Å². The Hall–Kier alpha value is -3.80. The van der Waals surface area contributed by atoms with E-state index < -0.39 is 11.8 Å². The highest BCUT2D eigenvalue weighted by atomic mass is 16.5. The van der Waals surface area contributed by atoms with Crippen molar-refractivity contribution < 1.29 is 19.1 Å². The third-order valence-electron chi connectivity index (χ3n) is 4.77. The summed E-state index contributed by atoms with van der Waals surface area (Å²) in [5, 5.41) is 0. The predicted octanol–water partition coefficient (Wildman–Crippen LogP) is 4.40. The van der Waals surface area contributed by atoms with Gasteiger partial charge in [-0.15, -0.1) is 0 Å². The SMILES string of the molecule is CC(C)(C)c1ccc(OCC(=O)NNC(=O)c2ccccc2OCc2ccccc2)cc1. The lowest BCUT2D eigenvalue weighted by Crippen LogP contribution is -2.43. The molecule has 32 heavy (non-hydrogen) atoms. The van der Waals surface area contributed by atoms with E-state index in [-0.39, 0.29) is 12.0 Å². The molecule has 0 saturated heterocycles. The summed E-state index contributed by atoms with van der Waals surface area (Å²) in [6.45, 7) is 6.50. The first-order valence-electron chi connectivity index (χ1n) is 10.4. The number of hydrogen-bond donors (Lipinski definition) is 2. The molecule has 0 heterocycles. The number of amides is 2. The van der Waals surface area contributed by atoms with Gasteiger partial charge in [-0.3, -0.25) is 20.4 Å². The monoisotopic (exact) mass is 432 g/mol. The van der Waals surface area contributed by atoms with Gasteiger partial charge in [-0.05, 0) is 40.8 Å². The highest BCUT2D eigenvalue weighted by Gasteiger charge is 2.15. The van der Waals surface area contributed by atoms with Gasteiger partial charge >= 0.3 is 0 Å². The average Bonchev–Trinajstić information content (AvgIpc) is 2.80. The minimum absolute atomic E-state index is 0.0429. The fraction of sp³-hybridized carbons (Fsp3) is 0.231. The number of rotatable bonds is 7. The molecular formula is C26H28N2O4. The van der Waals surface area contributed by atoms with E-state index in [1.54, 1.807) is 24.3 Å². The number of para-hydroxylation sites is 1. The summed E-state index contributed by atoms with van der Waals surface area (Å²) < 4.78 is 11.3. The smallest absolute Gasteiger partial charge is 0.276 e. The standard InChI is InChI=1S/C26H28N2O4/c1-26(2,3)20-13-15-21(16-14-20)31-18-24(29)27-28-25(30)22-11-7-8-12-23(22)32-17-19-9-5-4-6-10-19/h4-16H,17-18H2,1-3H3,(H,27,29)(H,28,30). The van der Waals surface area contributed by atoms with E-state index in [4.69, 9.17) is 9.47 Å². The van der Waals surface area contributed by atoms with Crippen LogP contribution in [0.4, 0.5) is 0 Å². The summed E-state index contributed by atoms with van der Waals surface area (Å²) in [7, 11) is 0. The van der Waals surface area contributed by atoms with Crippen LogP contribution in [0.1, 0.15) is 42.3 Å². The van der Waals surface area contributed by atoms with Gasteiger partial charge in [0.15, 0.2) is 6.61 Å². The van der Waals surface area contributed by atoms with Crippen LogP contribution in [0.25, 0.3) is 0 Å². The zero-order valence-corrected chi connectivity index (χ0v) is 18.6. The van der Waals surface area contributed by atoms with Crippen LogP contribution in [0.2, 0.25) is 0 Å². The molecule has 6 nitrogen and oxygen atoms in total. The van der Waals surface area contributed by atoms with Gasteiger partial charge in [-0.2, -0.15) is 0 Å². The van der Waals surface area contributed by atoms with E-state index in [9.17, 15) is 9.59 Å². The fourth-order valence-electron chi connectivity index (χ4n) is 2.95. The third-order valence-corrected chi connectivity index (χ3v) is 4.77. The van der Waals surface area contributed by atoms with E-state index in [0.29, 0.717) is 23.7 Å². The minimum Gasteiger partial charge on any atom is -0.488 e. The molecule has 3 rings (SSSR count). The normalized spacial score (nSPS) is 10.8. The first kappa shape index (κ1) is 22.9. The Balaban J connectivity index is 1.49. The van der Waals surface area contributed by atoms with Gasteiger partial charge in [0.1, 0.15) is 18.1 Å². The van der Waals surface area contributed by atoms with Crippen LogP contribution in [0.3, 0.4) is 0 Å². The second kappa shape index (κ2) is 10.5. The number of hydrogen-bond acceptors (Lipinski definition) is 4. The van der Waals surface area contributed by atoms with Gasteiger partial charge in [0.2, 0.25) is 0 Å². The number of ether oxygens (including phenoxy) is 2. The summed E-state index contributed by atoms with van der Waals surface area (Å²) in [5.41, 5.74) is 7.30. The number of carbonyl (C=O) groups is 2. The Labute approximate surface area is 188 Å². The van der Waals surface area contributed by atoms with Crippen molar-refractivity contribution in [1.82, 2.24) is 10.9 Å². The quantitative estimate of drug-likeness (QED) is 0.543. The van der Waals surface area contributed by atoms with Crippen molar-refractivity contribution >= 4 is 11.8 Å². The molecule has 0 saturated carbocycles. The van der Waals surface area contributed by atoms with Crippen molar-refractivity contribution in [2.75, 3.05) is 6.61 Å². The minimum atomic E-state index is -0.475. The van der Waals surface area contributed by atoms with Crippen LogP contribution in [-0.2, 0) is 16.8 Å². The summed E-state index contributed by atoms with van der Waals surface area (Å²) in [5.74, 6) is 0.0647. The molecule has 3 aromatic rings. The van der Waals surface area contributed by atoms with Crippen LogP contribution in [0.5, 0.6) is 11.5 Å². The van der Waals surface area contributed by atoms with Crippen LogP contribution < -0.4 is 20.3 Å². The van der Waals surface area contributed by atoms with Crippen molar-refractivity contribution in [3.63, 3.8) is 0 Å². The molecule has 0 bridgehead atoms. The van der Waals surface area contributed by atoms with Crippen molar-refractivity contribution in [3.8, 4) is 11.5 Å². The second-order valence-corrected chi connectivity index (χ2v) is 8.34. The lowest BCUT2D eigenvalue weighted by Gasteiger charge is -2.19. The molecular weight excluding hydrogens is 404 g/mol. The lowest BCUT2D eigenvalue weighted by atomic mass is 9.87. The Bertz CT molecular complexity index is 1040. The average molecular weight is 433 g/mol. The molecule has 0 aliphatic heterocycles. The summed E-state index contributed by atoms with van der Waals surface area (Å²) in [6, 6.07) is 24.1. The first-order valence-corrected chi connectivity index (χ1v) is 10.4. The topological polar surface area (TPSA) is 76.7 Å². The van der Waals surface area contributed by atoms with Gasteiger partial charge in [-0.25, -0.2) is 0 Å². The summed E-state index contributed by atoms with van der Waals surface area (Å²) >= 11 is 0. The van der Waals surface area contributed by atoms with E-state index >= 15 is 0 Å². The van der Waals surface area contributed by atoms with Crippen LogP contribution in [0, 0.1) is 0 Å². The van der Waals surface area contributed by atoms with Crippen LogP contribution >= 0.6 is 0 Å². The van der Waals surface area contributed by atoms with Crippen molar-refractivity contribution in [2.45, 2.75) is 32.8 Å². The molecule has 0 unspecified atom stereocenters. The number of hydrazine groups is 1. The second-order valence-electron chi connectivity index (χ2n) is 8.34. The summed E-state index contributed by atoms with van der Waals surface area (Å²) in [6.07, 6.45) is 0. The highest BCUT2D eigenvalue weighted by molar-refractivity contribution is 5.97. The van der Waals surface area contributed by atoms with Crippen molar-refractivity contribution in [1.29, 1.82) is 0 Å². The van der Waals surface area contributed by atoms with Crippen molar-refractivity contribution in [2.24, 2.45) is 0 Å². The molecule has 3 aromatic carbocycles. The fourth-order valence-corrected chi connectivity index (χ4v) is 2.95. The number of carbonyl (C=O) groups excluding carboxylic acids is 2. The predicted molar refractivity (Wildman–Crippen MR) is 123 cm³/mol. The molecule has 0 atom stereocenters. The van der Waals surface area contributed by atoms with Gasteiger partial charge in [0.25, 0.3) is 11.8 Å². The van der Waals surface area contributed by atoms with Gasteiger partial charge in [-0.1, -0.05) is 75.4 Å². The Morgan fingerprint density at radius 3 is 2.12 bits per heavy atom. The van der Waals surface area contributed by atoms with E-state index in [0.717, 1.165) is 5.56 Å². The van der Waals surface area contributed by atoms with E-state index in [1.165, 1.54) is 5.56 Å².